The van der Waals surface area contributed by atoms with E-state index in [2.05, 4.69) is 33.8 Å². The molecule has 5 heteroatoms. The quantitative estimate of drug-likeness (QED) is 0.728. The molecule has 26 heavy (non-hydrogen) atoms. The van der Waals surface area contributed by atoms with Gasteiger partial charge in [0.05, 0.1) is 23.5 Å². The average Bonchev–Trinajstić information content (AvgIpc) is 2.65. The zero-order valence-corrected chi connectivity index (χ0v) is 14.6. The van der Waals surface area contributed by atoms with Crippen molar-refractivity contribution in [2.24, 2.45) is 0 Å². The summed E-state index contributed by atoms with van der Waals surface area (Å²) in [6, 6.07) is 18.5. The highest BCUT2D eigenvalue weighted by Gasteiger charge is 2.08. The molecule has 1 amide bonds. The van der Waals surface area contributed by atoms with Crippen LogP contribution in [0.1, 0.15) is 27.2 Å². The minimum Gasteiger partial charge on any atom is -0.354 e. The summed E-state index contributed by atoms with van der Waals surface area (Å²) in [6.07, 6.45) is 1.63. The second kappa shape index (κ2) is 7.49. The first-order valence-corrected chi connectivity index (χ1v) is 8.17. The monoisotopic (exact) mass is 342 g/mol. The van der Waals surface area contributed by atoms with Crippen molar-refractivity contribution in [2.75, 3.05) is 10.6 Å². The van der Waals surface area contributed by atoms with E-state index in [9.17, 15) is 4.79 Å². The van der Waals surface area contributed by atoms with Crippen molar-refractivity contribution in [3.63, 3.8) is 0 Å². The Morgan fingerprint density at radius 2 is 1.88 bits per heavy atom. The van der Waals surface area contributed by atoms with Crippen LogP contribution in [0.4, 0.5) is 17.1 Å². The van der Waals surface area contributed by atoms with E-state index in [1.165, 1.54) is 5.56 Å². The standard InChI is InChI=1S/C21H18N4O/c1-14-6-7-15(2)20(10-14)24-18-8-9-19(23-13-18)21(26)25-17-5-3-4-16(11-17)12-22/h3-11,13,24H,1-2H3,(H,25,26). The lowest BCUT2D eigenvalue weighted by Gasteiger charge is -2.11. The number of nitriles is 1. The van der Waals surface area contributed by atoms with Gasteiger partial charge in [0.25, 0.3) is 5.91 Å². The predicted octanol–water partition coefficient (Wildman–Crippen LogP) is 4.57. The third kappa shape index (κ3) is 4.05. The highest BCUT2D eigenvalue weighted by molar-refractivity contribution is 6.03. The third-order valence-corrected chi connectivity index (χ3v) is 3.92. The van der Waals surface area contributed by atoms with Crippen LogP contribution in [0.3, 0.4) is 0 Å². The maximum absolute atomic E-state index is 12.3. The highest BCUT2D eigenvalue weighted by Crippen LogP contribution is 2.21. The Bertz CT molecular complexity index is 988. The maximum atomic E-state index is 12.3. The fraction of sp³-hybridized carbons (Fsp3) is 0.0952. The van der Waals surface area contributed by atoms with Crippen LogP contribution >= 0.6 is 0 Å². The van der Waals surface area contributed by atoms with Crippen molar-refractivity contribution in [3.8, 4) is 6.07 Å². The lowest BCUT2D eigenvalue weighted by Crippen LogP contribution is -2.13. The number of anilines is 3. The number of carbonyl (C=O) groups is 1. The number of hydrogen-bond donors (Lipinski definition) is 2. The smallest absolute Gasteiger partial charge is 0.274 e. The number of pyridine rings is 1. The van der Waals surface area contributed by atoms with Crippen molar-refractivity contribution in [1.29, 1.82) is 5.26 Å². The molecule has 0 atom stereocenters. The number of hydrogen-bond acceptors (Lipinski definition) is 4. The lowest BCUT2D eigenvalue weighted by molar-refractivity contribution is 0.102. The molecular formula is C21H18N4O. The summed E-state index contributed by atoms with van der Waals surface area (Å²) in [5, 5.41) is 15.0. The number of carbonyl (C=O) groups excluding carboxylic acids is 1. The first kappa shape index (κ1) is 17.2. The van der Waals surface area contributed by atoms with E-state index in [0.29, 0.717) is 16.9 Å². The van der Waals surface area contributed by atoms with E-state index in [-0.39, 0.29) is 5.91 Å². The number of nitrogens with one attached hydrogen (secondary N) is 2. The molecule has 0 fully saturated rings. The molecule has 2 aromatic carbocycles. The van der Waals surface area contributed by atoms with Crippen LogP contribution in [0.15, 0.2) is 60.8 Å². The molecule has 128 valence electrons. The van der Waals surface area contributed by atoms with Crippen LogP contribution in [-0.4, -0.2) is 10.9 Å². The maximum Gasteiger partial charge on any atom is 0.274 e. The van der Waals surface area contributed by atoms with E-state index in [1.807, 2.05) is 26.0 Å². The molecule has 0 aliphatic carbocycles. The van der Waals surface area contributed by atoms with Gasteiger partial charge in [0, 0.05) is 11.4 Å². The molecule has 0 aliphatic rings. The van der Waals surface area contributed by atoms with E-state index in [1.54, 1.807) is 36.5 Å². The van der Waals surface area contributed by atoms with E-state index in [4.69, 9.17) is 5.26 Å². The van der Waals surface area contributed by atoms with Crippen LogP contribution in [-0.2, 0) is 0 Å². The molecule has 1 heterocycles. The van der Waals surface area contributed by atoms with Gasteiger partial charge < -0.3 is 10.6 Å². The van der Waals surface area contributed by atoms with Gasteiger partial charge in [-0.3, -0.25) is 4.79 Å². The zero-order valence-electron chi connectivity index (χ0n) is 14.6. The molecule has 2 N–H and O–H groups in total. The Morgan fingerprint density at radius 3 is 2.62 bits per heavy atom. The number of rotatable bonds is 4. The summed E-state index contributed by atoms with van der Waals surface area (Å²) in [5.41, 5.74) is 5.48. The van der Waals surface area contributed by atoms with Crippen molar-refractivity contribution in [2.45, 2.75) is 13.8 Å². The van der Waals surface area contributed by atoms with E-state index in [0.717, 1.165) is 16.9 Å². The fourth-order valence-electron chi connectivity index (χ4n) is 2.49. The van der Waals surface area contributed by atoms with E-state index < -0.39 is 0 Å². The predicted molar refractivity (Wildman–Crippen MR) is 103 cm³/mol. The lowest BCUT2D eigenvalue weighted by atomic mass is 10.1. The highest BCUT2D eigenvalue weighted by atomic mass is 16.1. The normalized spacial score (nSPS) is 10.0. The second-order valence-corrected chi connectivity index (χ2v) is 6.02. The van der Waals surface area contributed by atoms with Crippen LogP contribution in [0.5, 0.6) is 0 Å². The Kier molecular flexibility index (Phi) is 4.95. The summed E-state index contributed by atoms with van der Waals surface area (Å²) in [5.74, 6) is -0.321. The number of aryl methyl sites for hydroxylation is 2. The van der Waals surface area contributed by atoms with Gasteiger partial charge in [-0.15, -0.1) is 0 Å². The van der Waals surface area contributed by atoms with Crippen molar-refractivity contribution >= 4 is 23.0 Å². The topological polar surface area (TPSA) is 77.8 Å². The van der Waals surface area contributed by atoms with Gasteiger partial charge in [0.2, 0.25) is 0 Å². The molecule has 0 bridgehead atoms. The summed E-state index contributed by atoms with van der Waals surface area (Å²) >= 11 is 0. The van der Waals surface area contributed by atoms with Gasteiger partial charge in [-0.1, -0.05) is 18.2 Å². The van der Waals surface area contributed by atoms with Gasteiger partial charge in [-0.05, 0) is 61.4 Å². The Hall–Kier alpha value is -3.65. The molecule has 0 radical (unpaired) electrons. The Balaban J connectivity index is 1.71. The molecule has 0 spiro atoms. The van der Waals surface area contributed by atoms with Crippen molar-refractivity contribution in [3.05, 3.63) is 83.2 Å². The summed E-state index contributed by atoms with van der Waals surface area (Å²) < 4.78 is 0. The molecule has 0 saturated carbocycles. The van der Waals surface area contributed by atoms with Gasteiger partial charge in [0.1, 0.15) is 5.69 Å². The SMILES string of the molecule is Cc1ccc(C)c(Nc2ccc(C(=O)Nc3cccc(C#N)c3)nc2)c1. The first-order chi connectivity index (χ1) is 12.5. The number of amides is 1. The summed E-state index contributed by atoms with van der Waals surface area (Å²) in [7, 11) is 0. The molecule has 3 aromatic rings. The molecule has 0 unspecified atom stereocenters. The van der Waals surface area contributed by atoms with Crippen LogP contribution in [0, 0.1) is 25.2 Å². The van der Waals surface area contributed by atoms with Gasteiger partial charge in [-0.25, -0.2) is 4.98 Å². The van der Waals surface area contributed by atoms with Crippen LogP contribution in [0.25, 0.3) is 0 Å². The molecule has 0 aliphatic heterocycles. The van der Waals surface area contributed by atoms with Crippen molar-refractivity contribution in [1.82, 2.24) is 4.98 Å². The van der Waals surface area contributed by atoms with Crippen LogP contribution in [0.2, 0.25) is 0 Å². The molecule has 5 nitrogen and oxygen atoms in total. The molecular weight excluding hydrogens is 324 g/mol. The molecule has 1 aromatic heterocycles. The Morgan fingerprint density at radius 1 is 1.04 bits per heavy atom. The number of nitrogens with zero attached hydrogens (tertiary/aromatic N) is 2. The minimum atomic E-state index is -0.321. The third-order valence-electron chi connectivity index (χ3n) is 3.92. The summed E-state index contributed by atoms with van der Waals surface area (Å²) in [4.78, 5) is 16.5. The van der Waals surface area contributed by atoms with Gasteiger partial charge >= 0.3 is 0 Å². The molecule has 3 rings (SSSR count). The average molecular weight is 342 g/mol. The zero-order chi connectivity index (χ0) is 18.5. The largest absolute Gasteiger partial charge is 0.354 e. The van der Waals surface area contributed by atoms with Crippen LogP contribution < -0.4 is 10.6 Å². The second-order valence-electron chi connectivity index (χ2n) is 6.02. The fourth-order valence-corrected chi connectivity index (χ4v) is 2.49. The summed E-state index contributed by atoms with van der Waals surface area (Å²) in [6.45, 7) is 4.07. The number of benzene rings is 2. The first-order valence-electron chi connectivity index (χ1n) is 8.17. The van der Waals surface area contributed by atoms with Gasteiger partial charge in [-0.2, -0.15) is 5.26 Å². The molecule has 0 saturated heterocycles. The minimum absolute atomic E-state index is 0.305. The van der Waals surface area contributed by atoms with Crippen molar-refractivity contribution < 1.29 is 4.79 Å². The van der Waals surface area contributed by atoms with Gasteiger partial charge in [0.15, 0.2) is 0 Å². The van der Waals surface area contributed by atoms with E-state index >= 15 is 0 Å². The number of aromatic nitrogens is 1. The Labute approximate surface area is 152 Å².